The molecule has 1 heterocycles. The largest absolute Gasteiger partial charge is 0.326 e. The van der Waals surface area contributed by atoms with Crippen molar-refractivity contribution < 1.29 is 9.59 Å². The van der Waals surface area contributed by atoms with Crippen LogP contribution in [-0.2, 0) is 9.59 Å². The van der Waals surface area contributed by atoms with Gasteiger partial charge in [-0.1, -0.05) is 11.6 Å². The second-order valence-corrected chi connectivity index (χ2v) is 2.44. The number of carbonyl (C=O) groups excluding carboxylic acids is 2. The van der Waals surface area contributed by atoms with Gasteiger partial charge in [0.2, 0.25) is 12.8 Å². The summed E-state index contributed by atoms with van der Waals surface area (Å²) in [4.78, 5) is 24.0. The lowest BCUT2D eigenvalue weighted by Crippen LogP contribution is -2.03. The Balaban J connectivity index is 3.01. The molecule has 0 saturated carbocycles. The fourth-order valence-corrected chi connectivity index (χ4v) is 0.929. The maximum Gasteiger partial charge on any atom is 0.212 e. The molecule has 13 heavy (non-hydrogen) atoms. The quantitative estimate of drug-likeness (QED) is 0.558. The Kier molecular flexibility index (Phi) is 3.22. The summed E-state index contributed by atoms with van der Waals surface area (Å²) in [5, 5.41) is 4.91. The standard InChI is InChI=1S/C7H6ClN3O2/c8-6-2-1-5(9-3-12)7(11-6)10-4-13/h1-4H,(H,9,12)(H,10,11,13). The molecular weight excluding hydrogens is 194 g/mol. The van der Waals surface area contributed by atoms with Crippen molar-refractivity contribution in [3.63, 3.8) is 0 Å². The highest BCUT2D eigenvalue weighted by molar-refractivity contribution is 6.29. The number of aromatic nitrogens is 1. The molecule has 0 unspecified atom stereocenters. The molecule has 0 fully saturated rings. The smallest absolute Gasteiger partial charge is 0.212 e. The van der Waals surface area contributed by atoms with Crippen molar-refractivity contribution in [1.29, 1.82) is 0 Å². The van der Waals surface area contributed by atoms with Gasteiger partial charge < -0.3 is 10.6 Å². The molecule has 1 aromatic heterocycles. The van der Waals surface area contributed by atoms with Crippen molar-refractivity contribution in [1.82, 2.24) is 4.98 Å². The number of hydrogen-bond donors (Lipinski definition) is 2. The molecular formula is C7H6ClN3O2. The number of halogens is 1. The summed E-state index contributed by atoms with van der Waals surface area (Å²) in [6, 6.07) is 3.04. The molecule has 1 rings (SSSR count). The van der Waals surface area contributed by atoms with Crippen molar-refractivity contribution >= 4 is 35.9 Å². The topological polar surface area (TPSA) is 71.1 Å². The highest BCUT2D eigenvalue weighted by Gasteiger charge is 2.02. The molecule has 5 nitrogen and oxygen atoms in total. The Morgan fingerprint density at radius 3 is 2.54 bits per heavy atom. The molecule has 0 atom stereocenters. The van der Waals surface area contributed by atoms with Crippen LogP contribution in [0, 0.1) is 0 Å². The molecule has 0 radical (unpaired) electrons. The number of carbonyl (C=O) groups is 2. The van der Waals surface area contributed by atoms with Gasteiger partial charge >= 0.3 is 0 Å². The van der Waals surface area contributed by atoms with E-state index in [0.29, 0.717) is 18.5 Å². The van der Waals surface area contributed by atoms with Gasteiger partial charge in [0.15, 0.2) is 5.82 Å². The summed E-state index contributed by atoms with van der Waals surface area (Å²) in [6.45, 7) is 0. The van der Waals surface area contributed by atoms with Gasteiger partial charge in [-0.3, -0.25) is 9.59 Å². The van der Waals surface area contributed by atoms with Gasteiger partial charge in [-0.2, -0.15) is 0 Å². The minimum Gasteiger partial charge on any atom is -0.326 e. The summed E-state index contributed by atoms with van der Waals surface area (Å²) in [7, 11) is 0. The Hall–Kier alpha value is -1.62. The van der Waals surface area contributed by atoms with Gasteiger partial charge in [0.1, 0.15) is 5.15 Å². The third-order valence-electron chi connectivity index (χ3n) is 1.27. The molecule has 1 aromatic rings. The summed E-state index contributed by atoms with van der Waals surface area (Å²) < 4.78 is 0. The summed E-state index contributed by atoms with van der Waals surface area (Å²) in [5.74, 6) is 0.217. The number of pyridine rings is 1. The Labute approximate surface area is 79.1 Å². The van der Waals surface area contributed by atoms with Crippen LogP contribution in [0.3, 0.4) is 0 Å². The van der Waals surface area contributed by atoms with Crippen LogP contribution >= 0.6 is 11.6 Å². The van der Waals surface area contributed by atoms with Crippen LogP contribution in [-0.4, -0.2) is 17.8 Å². The van der Waals surface area contributed by atoms with Gasteiger partial charge in [0.25, 0.3) is 0 Å². The van der Waals surface area contributed by atoms with E-state index in [0.717, 1.165) is 0 Å². The van der Waals surface area contributed by atoms with Crippen molar-refractivity contribution in [2.75, 3.05) is 10.6 Å². The van der Waals surface area contributed by atoms with Crippen molar-refractivity contribution in [2.24, 2.45) is 0 Å². The first kappa shape index (κ1) is 9.47. The number of nitrogens with one attached hydrogen (secondary N) is 2. The molecule has 0 bridgehead atoms. The molecule has 0 spiro atoms. The number of rotatable bonds is 4. The van der Waals surface area contributed by atoms with Gasteiger partial charge in [-0.25, -0.2) is 4.98 Å². The van der Waals surface area contributed by atoms with Gasteiger partial charge in [0.05, 0.1) is 5.69 Å². The average Bonchev–Trinajstić information content (AvgIpc) is 2.10. The van der Waals surface area contributed by atoms with E-state index in [1.165, 1.54) is 12.1 Å². The lowest BCUT2D eigenvalue weighted by atomic mass is 10.4. The lowest BCUT2D eigenvalue weighted by molar-refractivity contribution is -0.106. The lowest BCUT2D eigenvalue weighted by Gasteiger charge is -2.04. The molecule has 0 saturated heterocycles. The Morgan fingerprint density at radius 1 is 1.23 bits per heavy atom. The first-order chi connectivity index (χ1) is 6.27. The third-order valence-corrected chi connectivity index (χ3v) is 1.48. The van der Waals surface area contributed by atoms with E-state index in [-0.39, 0.29) is 11.0 Å². The summed E-state index contributed by atoms with van der Waals surface area (Å²) in [5.41, 5.74) is 0.395. The zero-order chi connectivity index (χ0) is 9.68. The van der Waals surface area contributed by atoms with E-state index < -0.39 is 0 Å². The Bertz CT molecular complexity index is 330. The number of anilines is 2. The van der Waals surface area contributed by atoms with Gasteiger partial charge in [-0.05, 0) is 12.1 Å². The molecule has 0 aromatic carbocycles. The van der Waals surface area contributed by atoms with Crippen LogP contribution in [0.2, 0.25) is 5.15 Å². The molecule has 2 N–H and O–H groups in total. The van der Waals surface area contributed by atoms with Gasteiger partial charge in [-0.15, -0.1) is 0 Å². The second-order valence-electron chi connectivity index (χ2n) is 2.05. The van der Waals surface area contributed by atoms with Crippen molar-refractivity contribution in [2.45, 2.75) is 0 Å². The molecule has 0 aliphatic rings. The van der Waals surface area contributed by atoms with Crippen molar-refractivity contribution in [3.8, 4) is 0 Å². The SMILES string of the molecule is O=CNc1ccc(Cl)nc1NC=O. The van der Waals surface area contributed by atoms with Crippen LogP contribution in [0.1, 0.15) is 0 Å². The predicted molar refractivity (Wildman–Crippen MR) is 48.6 cm³/mol. The maximum absolute atomic E-state index is 10.1. The zero-order valence-electron chi connectivity index (χ0n) is 6.45. The minimum absolute atomic E-state index is 0.217. The molecule has 0 aliphatic carbocycles. The summed E-state index contributed by atoms with van der Waals surface area (Å²) >= 11 is 5.57. The van der Waals surface area contributed by atoms with E-state index in [4.69, 9.17) is 11.6 Å². The van der Waals surface area contributed by atoms with E-state index in [1.54, 1.807) is 0 Å². The van der Waals surface area contributed by atoms with Crippen LogP contribution in [0.25, 0.3) is 0 Å². The first-order valence-electron chi connectivity index (χ1n) is 3.35. The molecule has 0 aliphatic heterocycles. The van der Waals surface area contributed by atoms with Crippen LogP contribution < -0.4 is 10.6 Å². The highest BCUT2D eigenvalue weighted by Crippen LogP contribution is 2.20. The highest BCUT2D eigenvalue weighted by atomic mass is 35.5. The monoisotopic (exact) mass is 199 g/mol. The maximum atomic E-state index is 10.1. The van der Waals surface area contributed by atoms with Crippen LogP contribution in [0.5, 0.6) is 0 Å². The molecule has 68 valence electrons. The van der Waals surface area contributed by atoms with E-state index >= 15 is 0 Å². The fraction of sp³-hybridized carbons (Fsp3) is 0. The van der Waals surface area contributed by atoms with Crippen LogP contribution in [0.15, 0.2) is 12.1 Å². The predicted octanol–water partition coefficient (Wildman–Crippen LogP) is 0.872. The molecule has 6 heteroatoms. The Morgan fingerprint density at radius 2 is 1.92 bits per heavy atom. The average molecular weight is 200 g/mol. The summed E-state index contributed by atoms with van der Waals surface area (Å²) in [6.07, 6.45) is 0.940. The van der Waals surface area contributed by atoms with Crippen LogP contribution in [0.4, 0.5) is 11.5 Å². The number of amides is 2. The minimum atomic E-state index is 0.217. The zero-order valence-corrected chi connectivity index (χ0v) is 7.21. The van der Waals surface area contributed by atoms with Gasteiger partial charge in [0, 0.05) is 0 Å². The molecule has 2 amide bonds. The van der Waals surface area contributed by atoms with E-state index in [9.17, 15) is 9.59 Å². The van der Waals surface area contributed by atoms with E-state index in [2.05, 4.69) is 15.6 Å². The third kappa shape index (κ3) is 2.41. The van der Waals surface area contributed by atoms with E-state index in [1.807, 2.05) is 0 Å². The number of nitrogens with zero attached hydrogens (tertiary/aromatic N) is 1. The number of hydrogen-bond acceptors (Lipinski definition) is 3. The normalized spacial score (nSPS) is 9.00. The first-order valence-corrected chi connectivity index (χ1v) is 3.72. The fourth-order valence-electron chi connectivity index (χ4n) is 0.781. The second kappa shape index (κ2) is 4.42. The van der Waals surface area contributed by atoms with Crippen molar-refractivity contribution in [3.05, 3.63) is 17.3 Å².